The minimum Gasteiger partial charge on any atom is -0.456 e. The van der Waals surface area contributed by atoms with Gasteiger partial charge in [-0.05, 0) is 81.9 Å². The normalized spacial score (nSPS) is 13.5. The molecule has 0 aliphatic rings. The molecule has 0 atom stereocenters. The Hall–Kier alpha value is -6.84. The Labute approximate surface area is 305 Å². The molecule has 0 spiro atoms. The maximum Gasteiger partial charge on any atom is 0.159 e. The molecule has 0 fully saturated rings. The third kappa shape index (κ3) is 4.90. The van der Waals surface area contributed by atoms with Gasteiger partial charge in [-0.2, -0.15) is 0 Å². The molecule has 0 amide bonds. The summed E-state index contributed by atoms with van der Waals surface area (Å²) in [7, 11) is 0. The standard InChI is InChI=1S/C48H31NO2/c1-3-13-33(14-4-1)37-30-27-35(31-41(37)34-15-5-2-6-16-34)32-25-28-36(29-26-32)49(42-20-12-24-46-47(42)40-18-8-10-23-45(40)50-46)43-21-11-19-39-38-17-7-9-22-44(38)51-48(39)43/h1-31H/i7D,9D,11D,17D,19D,21D,22D. The fourth-order valence-electron chi connectivity index (χ4n) is 7.06. The number of hydrogen-bond acceptors (Lipinski definition) is 3. The predicted molar refractivity (Wildman–Crippen MR) is 212 cm³/mol. The van der Waals surface area contributed by atoms with Gasteiger partial charge in [0.15, 0.2) is 5.58 Å². The Balaban J connectivity index is 1.22. The van der Waals surface area contributed by atoms with E-state index in [-0.39, 0.29) is 45.8 Å². The highest BCUT2D eigenvalue weighted by atomic mass is 16.3. The van der Waals surface area contributed by atoms with Gasteiger partial charge < -0.3 is 13.7 Å². The van der Waals surface area contributed by atoms with Gasteiger partial charge in [0.05, 0.1) is 26.4 Å². The minimum absolute atomic E-state index is 0.00353. The third-order valence-electron chi connectivity index (χ3n) is 9.41. The van der Waals surface area contributed by atoms with Gasteiger partial charge in [0.1, 0.15) is 16.7 Å². The summed E-state index contributed by atoms with van der Waals surface area (Å²) in [6, 6.07) is 45.4. The molecular formula is C48H31NO2. The maximum absolute atomic E-state index is 9.42. The van der Waals surface area contributed by atoms with Crippen molar-refractivity contribution >= 4 is 60.9 Å². The van der Waals surface area contributed by atoms with Crippen molar-refractivity contribution in [1.29, 1.82) is 0 Å². The fourth-order valence-corrected chi connectivity index (χ4v) is 7.06. The molecule has 0 aliphatic carbocycles. The van der Waals surface area contributed by atoms with E-state index in [1.54, 1.807) is 0 Å². The van der Waals surface area contributed by atoms with Crippen LogP contribution in [0.2, 0.25) is 0 Å². The Kier molecular flexibility index (Phi) is 5.32. The molecule has 240 valence electrons. The monoisotopic (exact) mass is 660 g/mol. The summed E-state index contributed by atoms with van der Waals surface area (Å²) >= 11 is 0. The smallest absolute Gasteiger partial charge is 0.159 e. The van der Waals surface area contributed by atoms with E-state index < -0.39 is 24.2 Å². The molecule has 0 radical (unpaired) electrons. The lowest BCUT2D eigenvalue weighted by Crippen LogP contribution is -2.10. The number of benzene rings is 8. The van der Waals surface area contributed by atoms with Gasteiger partial charge in [-0.1, -0.05) is 139 Å². The van der Waals surface area contributed by atoms with Gasteiger partial charge in [-0.15, -0.1) is 0 Å². The average molecular weight is 661 g/mol. The lowest BCUT2D eigenvalue weighted by Gasteiger charge is -2.26. The van der Waals surface area contributed by atoms with Crippen LogP contribution in [-0.2, 0) is 0 Å². The molecule has 0 unspecified atom stereocenters. The van der Waals surface area contributed by atoms with E-state index in [1.165, 1.54) is 0 Å². The summed E-state index contributed by atoms with van der Waals surface area (Å²) in [5, 5.41) is 1.62. The largest absolute Gasteiger partial charge is 0.456 e. The highest BCUT2D eigenvalue weighted by Crippen LogP contribution is 2.46. The molecule has 8 aromatic carbocycles. The van der Waals surface area contributed by atoms with Gasteiger partial charge in [0.2, 0.25) is 0 Å². The van der Waals surface area contributed by atoms with E-state index in [0.717, 1.165) is 44.2 Å². The number of rotatable bonds is 6. The number of para-hydroxylation sites is 3. The molecule has 0 bridgehead atoms. The summed E-state index contributed by atoms with van der Waals surface area (Å²) in [5.74, 6) is 0. The molecule has 3 heteroatoms. The Morgan fingerprint density at radius 2 is 1.10 bits per heavy atom. The van der Waals surface area contributed by atoms with Crippen LogP contribution in [0.15, 0.2) is 197 Å². The highest BCUT2D eigenvalue weighted by Gasteiger charge is 2.23. The van der Waals surface area contributed by atoms with E-state index in [9.17, 15) is 1.37 Å². The molecule has 2 aromatic heterocycles. The van der Waals surface area contributed by atoms with Crippen molar-refractivity contribution in [2.24, 2.45) is 0 Å². The summed E-state index contributed by atoms with van der Waals surface area (Å²) in [6.07, 6.45) is 0. The Bertz CT molecular complexity index is 3250. The topological polar surface area (TPSA) is 29.5 Å². The first-order valence-electron chi connectivity index (χ1n) is 20.2. The van der Waals surface area contributed by atoms with E-state index in [1.807, 2.05) is 108 Å². The zero-order chi connectivity index (χ0) is 39.8. The van der Waals surface area contributed by atoms with Crippen LogP contribution in [0.5, 0.6) is 0 Å². The number of fused-ring (bicyclic) bond motifs is 6. The summed E-state index contributed by atoms with van der Waals surface area (Å²) < 4.78 is 74.4. The van der Waals surface area contributed by atoms with E-state index in [2.05, 4.69) is 42.5 Å². The van der Waals surface area contributed by atoms with Crippen LogP contribution in [0.4, 0.5) is 17.1 Å². The van der Waals surface area contributed by atoms with Crippen LogP contribution in [-0.4, -0.2) is 0 Å². The van der Waals surface area contributed by atoms with Gasteiger partial charge >= 0.3 is 0 Å². The molecule has 3 nitrogen and oxygen atoms in total. The van der Waals surface area contributed by atoms with E-state index >= 15 is 0 Å². The van der Waals surface area contributed by atoms with Crippen LogP contribution in [0.25, 0.3) is 77.3 Å². The van der Waals surface area contributed by atoms with Crippen LogP contribution in [0.1, 0.15) is 9.60 Å². The molecular weight excluding hydrogens is 623 g/mol. The highest BCUT2D eigenvalue weighted by molar-refractivity contribution is 6.16. The minimum atomic E-state index is -0.476. The second-order valence-corrected chi connectivity index (χ2v) is 12.4. The molecule has 51 heavy (non-hydrogen) atoms. The molecule has 10 rings (SSSR count). The lowest BCUT2D eigenvalue weighted by atomic mass is 9.91. The molecule has 2 heterocycles. The van der Waals surface area contributed by atoms with Crippen molar-refractivity contribution in [1.82, 2.24) is 0 Å². The first kappa shape index (κ1) is 22.7. The van der Waals surface area contributed by atoms with Crippen molar-refractivity contribution in [3.8, 4) is 33.4 Å². The zero-order valence-electron chi connectivity index (χ0n) is 34.1. The molecule has 0 saturated heterocycles. The second kappa shape index (κ2) is 11.9. The average Bonchev–Trinajstić information content (AvgIpc) is 3.86. The van der Waals surface area contributed by atoms with Crippen LogP contribution in [0.3, 0.4) is 0 Å². The maximum atomic E-state index is 9.42. The van der Waals surface area contributed by atoms with Crippen molar-refractivity contribution in [2.75, 3.05) is 4.90 Å². The first-order valence-corrected chi connectivity index (χ1v) is 16.7. The van der Waals surface area contributed by atoms with Crippen molar-refractivity contribution < 1.29 is 18.4 Å². The predicted octanol–water partition coefficient (Wildman–Crippen LogP) is 14.0. The number of nitrogens with zero attached hydrogens (tertiary/aromatic N) is 1. The fraction of sp³-hybridized carbons (Fsp3) is 0. The SMILES string of the molecule is [2H]c1c([2H])c([2H])c2c(oc3c(N(c4ccc(-c5ccc(-c6ccccc6)c(-c6ccccc6)c5)cc4)c4cccc5oc6ccccc6c45)c([2H])c([2H])c([2H])c32)c1[2H]. The van der Waals surface area contributed by atoms with Crippen molar-refractivity contribution in [3.63, 3.8) is 0 Å². The van der Waals surface area contributed by atoms with Crippen molar-refractivity contribution in [3.05, 3.63) is 188 Å². The zero-order valence-corrected chi connectivity index (χ0v) is 27.1. The number of hydrogen-bond donors (Lipinski definition) is 0. The van der Waals surface area contributed by atoms with Crippen LogP contribution >= 0.6 is 0 Å². The quantitative estimate of drug-likeness (QED) is 0.178. The number of anilines is 3. The lowest BCUT2D eigenvalue weighted by molar-refractivity contribution is 0.668. The molecule has 10 aromatic rings. The number of furan rings is 2. The van der Waals surface area contributed by atoms with Gasteiger partial charge in [-0.3, -0.25) is 0 Å². The molecule has 0 saturated carbocycles. The second-order valence-electron chi connectivity index (χ2n) is 12.4. The molecule has 0 N–H and O–H groups in total. The first-order chi connectivity index (χ1) is 28.2. The van der Waals surface area contributed by atoms with E-state index in [4.69, 9.17) is 17.1 Å². The summed E-state index contributed by atoms with van der Waals surface area (Å²) in [5.41, 5.74) is 8.82. The Morgan fingerprint density at radius 1 is 0.412 bits per heavy atom. The van der Waals surface area contributed by atoms with Gasteiger partial charge in [0.25, 0.3) is 0 Å². The summed E-state index contributed by atoms with van der Waals surface area (Å²) in [4.78, 5) is 1.81. The van der Waals surface area contributed by atoms with Gasteiger partial charge in [-0.25, -0.2) is 0 Å². The summed E-state index contributed by atoms with van der Waals surface area (Å²) in [6.45, 7) is 0. The van der Waals surface area contributed by atoms with Crippen LogP contribution in [0, 0.1) is 0 Å². The van der Waals surface area contributed by atoms with E-state index in [0.29, 0.717) is 22.5 Å². The van der Waals surface area contributed by atoms with Gasteiger partial charge in [0, 0.05) is 21.8 Å². The Morgan fingerprint density at radius 3 is 1.92 bits per heavy atom. The third-order valence-corrected chi connectivity index (χ3v) is 9.41. The van der Waals surface area contributed by atoms with Crippen molar-refractivity contribution in [2.45, 2.75) is 0 Å². The van der Waals surface area contributed by atoms with Crippen LogP contribution < -0.4 is 4.90 Å². The molecule has 0 aliphatic heterocycles.